The van der Waals surface area contributed by atoms with Crippen LogP contribution in [0.15, 0.2) is 53.4 Å². The molecular formula is C18H17N3O5. The molecule has 0 aliphatic carbocycles. The fourth-order valence-electron chi connectivity index (χ4n) is 2.76. The van der Waals surface area contributed by atoms with Gasteiger partial charge in [-0.25, -0.2) is 0 Å². The van der Waals surface area contributed by atoms with Crippen molar-refractivity contribution in [2.45, 2.75) is 0 Å². The number of nitrogens with zero attached hydrogens (tertiary/aromatic N) is 3. The van der Waals surface area contributed by atoms with E-state index < -0.39 is 4.92 Å². The number of furan rings is 1. The molecule has 1 aliphatic rings. The first-order valence-corrected chi connectivity index (χ1v) is 8.08. The second-order valence-corrected chi connectivity index (χ2v) is 5.78. The largest absolute Gasteiger partial charge is 0.472 e. The highest BCUT2D eigenvalue weighted by Crippen LogP contribution is 2.19. The summed E-state index contributed by atoms with van der Waals surface area (Å²) in [6.07, 6.45) is 5.62. The van der Waals surface area contributed by atoms with Crippen LogP contribution in [0.3, 0.4) is 0 Å². The van der Waals surface area contributed by atoms with Crippen molar-refractivity contribution in [2.24, 2.45) is 0 Å². The molecule has 0 unspecified atom stereocenters. The van der Waals surface area contributed by atoms with Crippen LogP contribution in [0.4, 0.5) is 5.69 Å². The predicted molar refractivity (Wildman–Crippen MR) is 93.3 cm³/mol. The Morgan fingerprint density at radius 1 is 1.08 bits per heavy atom. The smallest absolute Gasteiger partial charge is 0.276 e. The monoisotopic (exact) mass is 355 g/mol. The number of hydrogen-bond donors (Lipinski definition) is 0. The summed E-state index contributed by atoms with van der Waals surface area (Å²) in [5.41, 5.74) is 0.813. The molecule has 8 heteroatoms. The third-order valence-corrected chi connectivity index (χ3v) is 4.19. The molecule has 1 aliphatic heterocycles. The number of hydrogen-bond acceptors (Lipinski definition) is 5. The van der Waals surface area contributed by atoms with E-state index in [9.17, 15) is 19.7 Å². The van der Waals surface area contributed by atoms with E-state index in [0.29, 0.717) is 37.3 Å². The van der Waals surface area contributed by atoms with Gasteiger partial charge in [0, 0.05) is 38.3 Å². The average molecular weight is 355 g/mol. The Morgan fingerprint density at radius 3 is 2.42 bits per heavy atom. The van der Waals surface area contributed by atoms with Crippen LogP contribution < -0.4 is 0 Å². The van der Waals surface area contributed by atoms with E-state index >= 15 is 0 Å². The SMILES string of the molecule is O=C(/C=C/c1ccccc1[N+](=O)[O-])N1CCN(C(=O)c2ccoc2)CC1. The summed E-state index contributed by atoms with van der Waals surface area (Å²) in [7, 11) is 0. The van der Waals surface area contributed by atoms with Gasteiger partial charge in [-0.3, -0.25) is 19.7 Å². The maximum absolute atomic E-state index is 12.3. The van der Waals surface area contributed by atoms with E-state index in [2.05, 4.69) is 0 Å². The summed E-state index contributed by atoms with van der Waals surface area (Å²) in [5.74, 6) is -0.361. The number of nitro benzene ring substituents is 1. The molecule has 26 heavy (non-hydrogen) atoms. The van der Waals surface area contributed by atoms with Gasteiger partial charge < -0.3 is 14.2 Å². The maximum Gasteiger partial charge on any atom is 0.276 e. The molecule has 0 atom stereocenters. The van der Waals surface area contributed by atoms with Crippen LogP contribution >= 0.6 is 0 Å². The molecule has 1 aromatic carbocycles. The molecule has 8 nitrogen and oxygen atoms in total. The number of rotatable bonds is 4. The molecule has 0 radical (unpaired) electrons. The Kier molecular flexibility index (Phi) is 5.12. The maximum atomic E-state index is 12.3. The third kappa shape index (κ3) is 3.80. The quantitative estimate of drug-likeness (QED) is 0.476. The number of amides is 2. The fraction of sp³-hybridized carbons (Fsp3) is 0.222. The van der Waals surface area contributed by atoms with Gasteiger partial charge in [-0.1, -0.05) is 12.1 Å². The molecule has 0 N–H and O–H groups in total. The Bertz CT molecular complexity index is 836. The number of piperazine rings is 1. The van der Waals surface area contributed by atoms with Crippen molar-refractivity contribution < 1.29 is 18.9 Å². The molecule has 0 bridgehead atoms. The number of carbonyl (C=O) groups is 2. The van der Waals surface area contributed by atoms with Gasteiger partial charge in [0.25, 0.3) is 11.6 Å². The molecule has 1 saturated heterocycles. The number of nitro groups is 1. The van der Waals surface area contributed by atoms with Crippen LogP contribution in [0.25, 0.3) is 6.08 Å². The topological polar surface area (TPSA) is 96.9 Å². The molecule has 2 heterocycles. The third-order valence-electron chi connectivity index (χ3n) is 4.19. The lowest BCUT2D eigenvalue weighted by molar-refractivity contribution is -0.385. The predicted octanol–water partition coefficient (Wildman–Crippen LogP) is 2.19. The Hall–Kier alpha value is -3.42. The number of benzene rings is 1. The van der Waals surface area contributed by atoms with Crippen LogP contribution in [0, 0.1) is 10.1 Å². The van der Waals surface area contributed by atoms with Gasteiger partial charge in [0.05, 0.1) is 22.3 Å². The minimum Gasteiger partial charge on any atom is -0.472 e. The summed E-state index contributed by atoms with van der Waals surface area (Å²) >= 11 is 0. The van der Waals surface area contributed by atoms with Crippen molar-refractivity contribution in [3.8, 4) is 0 Å². The van der Waals surface area contributed by atoms with E-state index in [1.165, 1.54) is 30.7 Å². The van der Waals surface area contributed by atoms with E-state index in [4.69, 9.17) is 4.42 Å². The van der Waals surface area contributed by atoms with Gasteiger partial charge in [0.2, 0.25) is 5.91 Å². The second-order valence-electron chi connectivity index (χ2n) is 5.78. The van der Waals surface area contributed by atoms with Crippen LogP contribution in [0.2, 0.25) is 0 Å². The van der Waals surface area contributed by atoms with Gasteiger partial charge >= 0.3 is 0 Å². The molecule has 134 valence electrons. The molecule has 3 rings (SSSR count). The van der Waals surface area contributed by atoms with Crippen LogP contribution in [0.1, 0.15) is 15.9 Å². The molecule has 1 aromatic heterocycles. The highest BCUT2D eigenvalue weighted by Gasteiger charge is 2.24. The second kappa shape index (κ2) is 7.64. The minimum atomic E-state index is -0.482. The average Bonchev–Trinajstić information content (AvgIpc) is 3.20. The van der Waals surface area contributed by atoms with Crippen molar-refractivity contribution in [1.29, 1.82) is 0 Å². The minimum absolute atomic E-state index is 0.0490. The highest BCUT2D eigenvalue weighted by molar-refractivity contribution is 5.95. The van der Waals surface area contributed by atoms with E-state index in [-0.39, 0.29) is 17.5 Å². The highest BCUT2D eigenvalue weighted by atomic mass is 16.6. The van der Waals surface area contributed by atoms with Gasteiger partial charge in [-0.15, -0.1) is 0 Å². The van der Waals surface area contributed by atoms with Gasteiger partial charge in [0.15, 0.2) is 0 Å². The lowest BCUT2D eigenvalue weighted by atomic mass is 10.1. The van der Waals surface area contributed by atoms with E-state index in [0.717, 1.165) is 0 Å². The Balaban J connectivity index is 1.59. The van der Waals surface area contributed by atoms with Crippen molar-refractivity contribution in [3.63, 3.8) is 0 Å². The molecule has 1 fully saturated rings. The number of carbonyl (C=O) groups excluding carboxylic acids is 2. The first-order valence-electron chi connectivity index (χ1n) is 8.08. The van der Waals surface area contributed by atoms with Gasteiger partial charge in [-0.2, -0.15) is 0 Å². The van der Waals surface area contributed by atoms with Crippen molar-refractivity contribution in [1.82, 2.24) is 9.80 Å². The van der Waals surface area contributed by atoms with Crippen molar-refractivity contribution in [2.75, 3.05) is 26.2 Å². The first kappa shape index (κ1) is 17.4. The van der Waals surface area contributed by atoms with Crippen LogP contribution in [0.5, 0.6) is 0 Å². The summed E-state index contributed by atoms with van der Waals surface area (Å²) < 4.78 is 4.92. The van der Waals surface area contributed by atoms with Crippen LogP contribution in [-0.4, -0.2) is 52.7 Å². The van der Waals surface area contributed by atoms with Crippen molar-refractivity contribution >= 4 is 23.6 Å². The molecule has 2 amide bonds. The van der Waals surface area contributed by atoms with E-state index in [1.54, 1.807) is 34.1 Å². The Labute approximate surface area is 149 Å². The molecule has 0 saturated carbocycles. The molecule has 0 spiro atoms. The first-order chi connectivity index (χ1) is 12.6. The van der Waals surface area contributed by atoms with Crippen LogP contribution in [-0.2, 0) is 4.79 Å². The van der Waals surface area contributed by atoms with Crippen molar-refractivity contribution in [3.05, 3.63) is 70.2 Å². The van der Waals surface area contributed by atoms with Gasteiger partial charge in [0.1, 0.15) is 6.26 Å². The summed E-state index contributed by atoms with van der Waals surface area (Å²) in [6.45, 7) is 1.66. The summed E-state index contributed by atoms with van der Waals surface area (Å²) in [6, 6.07) is 7.84. The summed E-state index contributed by atoms with van der Waals surface area (Å²) in [5, 5.41) is 11.0. The molecular weight excluding hydrogens is 338 g/mol. The standard InChI is InChI=1S/C18H17N3O5/c22-17(6-5-14-3-1-2-4-16(14)21(24)25)19-8-10-20(11-9-19)18(23)15-7-12-26-13-15/h1-7,12-13H,8-11H2/b6-5+. The zero-order valence-electron chi connectivity index (χ0n) is 13.9. The zero-order chi connectivity index (χ0) is 18.5. The Morgan fingerprint density at radius 2 is 1.77 bits per heavy atom. The molecule has 2 aromatic rings. The van der Waals surface area contributed by atoms with Gasteiger partial charge in [-0.05, 0) is 18.2 Å². The zero-order valence-corrected chi connectivity index (χ0v) is 13.9. The summed E-state index contributed by atoms with van der Waals surface area (Å²) in [4.78, 5) is 38.3. The normalized spacial score (nSPS) is 14.6. The lowest BCUT2D eigenvalue weighted by Gasteiger charge is -2.34. The fourth-order valence-corrected chi connectivity index (χ4v) is 2.76. The lowest BCUT2D eigenvalue weighted by Crippen LogP contribution is -2.50. The number of para-hydroxylation sites is 1. The van der Waals surface area contributed by atoms with E-state index in [1.807, 2.05) is 0 Å².